The highest BCUT2D eigenvalue weighted by Gasteiger charge is 2.14. The largest absolute Gasteiger partial charge is 0.323 e. The van der Waals surface area contributed by atoms with Crippen molar-refractivity contribution in [1.29, 1.82) is 0 Å². The second kappa shape index (κ2) is 6.78. The average molecular weight is 409 g/mol. The number of aryl methyl sites for hydroxylation is 1. The molecule has 2 heterocycles. The summed E-state index contributed by atoms with van der Waals surface area (Å²) in [5.74, 6) is -0.184. The van der Waals surface area contributed by atoms with E-state index in [0.717, 1.165) is 15.9 Å². The van der Waals surface area contributed by atoms with Gasteiger partial charge in [0.2, 0.25) is 5.91 Å². The number of hydrogen-bond acceptors (Lipinski definition) is 3. The van der Waals surface area contributed by atoms with E-state index in [1.165, 1.54) is 0 Å². The van der Waals surface area contributed by atoms with Crippen molar-refractivity contribution in [2.75, 3.05) is 5.32 Å². The summed E-state index contributed by atoms with van der Waals surface area (Å²) < 4.78 is 4.15. The summed E-state index contributed by atoms with van der Waals surface area (Å²) in [6.45, 7) is 3.75. The highest BCUT2D eigenvalue weighted by Crippen LogP contribution is 2.22. The van der Waals surface area contributed by atoms with Crippen molar-refractivity contribution in [1.82, 2.24) is 19.6 Å². The van der Waals surface area contributed by atoms with Gasteiger partial charge in [-0.1, -0.05) is 23.7 Å². The fourth-order valence-corrected chi connectivity index (χ4v) is 2.79. The average Bonchev–Trinajstić information content (AvgIpc) is 3.08. The Balaban J connectivity index is 1.81. The highest BCUT2D eigenvalue weighted by atomic mass is 79.9. The number of nitrogens with one attached hydrogen (secondary N) is 1. The van der Waals surface area contributed by atoms with Crippen LogP contribution in [0.4, 0.5) is 5.69 Å². The van der Waals surface area contributed by atoms with Gasteiger partial charge in [0.1, 0.15) is 6.54 Å². The van der Waals surface area contributed by atoms with Gasteiger partial charge in [-0.2, -0.15) is 10.2 Å². The summed E-state index contributed by atoms with van der Waals surface area (Å²) in [5, 5.41) is 12.0. The van der Waals surface area contributed by atoms with Crippen molar-refractivity contribution in [3.63, 3.8) is 0 Å². The predicted molar refractivity (Wildman–Crippen MR) is 96.6 cm³/mol. The zero-order valence-electron chi connectivity index (χ0n) is 13.1. The lowest BCUT2D eigenvalue weighted by molar-refractivity contribution is -0.116. The number of carbonyl (C=O) groups excluding carboxylic acids is 1. The normalized spacial score (nSPS) is 10.8. The minimum atomic E-state index is -0.184. The van der Waals surface area contributed by atoms with E-state index < -0.39 is 0 Å². The number of hydrogen-bond donors (Lipinski definition) is 1. The number of benzene rings is 1. The quantitative estimate of drug-likeness (QED) is 0.715. The lowest BCUT2D eigenvalue weighted by Gasteiger charge is -2.11. The number of para-hydroxylation sites is 2. The molecule has 0 radical (unpaired) electrons. The minimum absolute atomic E-state index is 0.0938. The molecule has 1 N–H and O–H groups in total. The van der Waals surface area contributed by atoms with Gasteiger partial charge in [-0.3, -0.25) is 9.48 Å². The molecule has 8 heteroatoms. The van der Waals surface area contributed by atoms with Gasteiger partial charge in [0.05, 0.1) is 38.5 Å². The van der Waals surface area contributed by atoms with Crippen LogP contribution in [0.2, 0.25) is 5.02 Å². The van der Waals surface area contributed by atoms with Crippen LogP contribution >= 0.6 is 27.5 Å². The molecule has 0 unspecified atom stereocenters. The molecule has 0 saturated heterocycles. The van der Waals surface area contributed by atoms with E-state index in [4.69, 9.17) is 11.6 Å². The van der Waals surface area contributed by atoms with Crippen LogP contribution < -0.4 is 5.32 Å². The van der Waals surface area contributed by atoms with Crippen LogP contribution in [0.25, 0.3) is 5.69 Å². The van der Waals surface area contributed by atoms with Gasteiger partial charge in [-0.25, -0.2) is 4.68 Å². The van der Waals surface area contributed by atoms with Crippen molar-refractivity contribution in [3.8, 4) is 5.69 Å². The molecule has 0 bridgehead atoms. The first-order valence-electron chi connectivity index (χ1n) is 7.24. The third-order valence-corrected chi connectivity index (χ3v) is 4.52. The van der Waals surface area contributed by atoms with Crippen molar-refractivity contribution < 1.29 is 4.79 Å². The lowest BCUT2D eigenvalue weighted by Crippen LogP contribution is -2.21. The Kier molecular flexibility index (Phi) is 4.73. The van der Waals surface area contributed by atoms with Crippen molar-refractivity contribution in [2.24, 2.45) is 0 Å². The molecule has 6 nitrogen and oxygen atoms in total. The molecule has 0 aliphatic rings. The zero-order chi connectivity index (χ0) is 17.3. The van der Waals surface area contributed by atoms with Crippen molar-refractivity contribution in [3.05, 3.63) is 57.5 Å². The number of anilines is 1. The van der Waals surface area contributed by atoms with Crippen LogP contribution in [0.3, 0.4) is 0 Å². The van der Waals surface area contributed by atoms with Gasteiger partial charge in [0, 0.05) is 6.20 Å². The summed E-state index contributed by atoms with van der Waals surface area (Å²) in [5.41, 5.74) is 2.94. The molecule has 1 amide bonds. The van der Waals surface area contributed by atoms with E-state index in [9.17, 15) is 4.79 Å². The van der Waals surface area contributed by atoms with Crippen LogP contribution in [0.1, 0.15) is 11.4 Å². The molecule has 0 aliphatic carbocycles. The summed E-state index contributed by atoms with van der Waals surface area (Å²) in [4.78, 5) is 12.4. The molecule has 3 rings (SSSR count). The van der Waals surface area contributed by atoms with Crippen LogP contribution in [0.15, 0.2) is 41.1 Å². The maximum absolute atomic E-state index is 12.4. The molecule has 124 valence electrons. The Morgan fingerprint density at radius 2 is 2.08 bits per heavy atom. The third kappa shape index (κ3) is 3.37. The molecule has 0 fully saturated rings. The Morgan fingerprint density at radius 3 is 2.71 bits per heavy atom. The van der Waals surface area contributed by atoms with Crippen molar-refractivity contribution >= 4 is 39.1 Å². The topological polar surface area (TPSA) is 64.7 Å². The molecule has 3 aromatic rings. The first-order valence-corrected chi connectivity index (χ1v) is 8.41. The number of halogens is 2. The maximum atomic E-state index is 12.4. The molecule has 0 aliphatic heterocycles. The first kappa shape index (κ1) is 16.7. The van der Waals surface area contributed by atoms with E-state index in [0.29, 0.717) is 16.4 Å². The second-order valence-corrected chi connectivity index (χ2v) is 6.60. The van der Waals surface area contributed by atoms with Gasteiger partial charge in [-0.15, -0.1) is 0 Å². The van der Waals surface area contributed by atoms with Gasteiger partial charge >= 0.3 is 0 Å². The number of carbonyl (C=O) groups is 1. The van der Waals surface area contributed by atoms with E-state index in [-0.39, 0.29) is 12.5 Å². The summed E-state index contributed by atoms with van der Waals surface area (Å²) in [6, 6.07) is 7.46. The van der Waals surface area contributed by atoms with Gasteiger partial charge in [-0.05, 0) is 41.9 Å². The molecule has 1 aromatic carbocycles. The minimum Gasteiger partial charge on any atom is -0.323 e. The standard InChI is InChI=1S/C16H15BrClN5O/c1-10-16(18)11(2)22(21-10)9-15(24)20-13-5-3-4-6-14(13)23-8-12(17)7-19-23/h3-8H,9H2,1-2H3,(H,20,24). The zero-order valence-corrected chi connectivity index (χ0v) is 15.5. The Labute approximate surface area is 152 Å². The smallest absolute Gasteiger partial charge is 0.246 e. The molecule has 0 saturated carbocycles. The van der Waals surface area contributed by atoms with Crippen LogP contribution in [0, 0.1) is 13.8 Å². The molecular weight excluding hydrogens is 394 g/mol. The van der Waals surface area contributed by atoms with Crippen LogP contribution in [-0.4, -0.2) is 25.5 Å². The maximum Gasteiger partial charge on any atom is 0.246 e. The predicted octanol–water partition coefficient (Wildman–Crippen LogP) is 3.74. The number of rotatable bonds is 4. The van der Waals surface area contributed by atoms with Gasteiger partial charge < -0.3 is 5.32 Å². The summed E-state index contributed by atoms with van der Waals surface area (Å²) >= 11 is 9.49. The van der Waals surface area contributed by atoms with Gasteiger partial charge in [0.15, 0.2) is 0 Å². The van der Waals surface area contributed by atoms with E-state index in [1.807, 2.05) is 44.3 Å². The van der Waals surface area contributed by atoms with Gasteiger partial charge in [0.25, 0.3) is 0 Å². The summed E-state index contributed by atoms with van der Waals surface area (Å²) in [7, 11) is 0. The Bertz CT molecular complexity index is 902. The molecule has 0 atom stereocenters. The van der Waals surface area contributed by atoms with E-state index in [1.54, 1.807) is 15.6 Å². The van der Waals surface area contributed by atoms with E-state index >= 15 is 0 Å². The van der Waals surface area contributed by atoms with Crippen LogP contribution in [-0.2, 0) is 11.3 Å². The number of nitrogens with zero attached hydrogens (tertiary/aromatic N) is 4. The Morgan fingerprint density at radius 1 is 1.33 bits per heavy atom. The monoisotopic (exact) mass is 407 g/mol. The number of amides is 1. The molecule has 0 spiro atoms. The SMILES string of the molecule is Cc1nn(CC(=O)Nc2ccccc2-n2cc(Br)cn2)c(C)c1Cl. The molecule has 24 heavy (non-hydrogen) atoms. The fraction of sp³-hybridized carbons (Fsp3) is 0.188. The Hall–Kier alpha value is -2.12. The second-order valence-electron chi connectivity index (χ2n) is 5.31. The number of aromatic nitrogens is 4. The molecule has 2 aromatic heterocycles. The third-order valence-electron chi connectivity index (χ3n) is 3.56. The lowest BCUT2D eigenvalue weighted by atomic mass is 10.2. The van der Waals surface area contributed by atoms with Crippen molar-refractivity contribution in [2.45, 2.75) is 20.4 Å². The fourth-order valence-electron chi connectivity index (χ4n) is 2.37. The van der Waals surface area contributed by atoms with Crippen LogP contribution in [0.5, 0.6) is 0 Å². The van der Waals surface area contributed by atoms with E-state index in [2.05, 4.69) is 31.4 Å². The molecular formula is C16H15BrClN5O. The first-order chi connectivity index (χ1) is 11.5. The highest BCUT2D eigenvalue weighted by molar-refractivity contribution is 9.10. The summed E-state index contributed by atoms with van der Waals surface area (Å²) in [6.07, 6.45) is 3.52.